The predicted octanol–water partition coefficient (Wildman–Crippen LogP) is 10.0. The molecule has 0 atom stereocenters. The maximum atomic E-state index is 2.27. The van der Waals surface area contributed by atoms with E-state index in [1.807, 2.05) is 0 Å². The van der Waals surface area contributed by atoms with E-state index < -0.39 is 0 Å². The van der Waals surface area contributed by atoms with Gasteiger partial charge in [0.15, 0.2) is 0 Å². The smallest absolute Gasteiger partial charge is 0.0184 e. The molecule has 4 aromatic rings. The van der Waals surface area contributed by atoms with Gasteiger partial charge in [-0.15, -0.1) is 0 Å². The van der Waals surface area contributed by atoms with E-state index in [0.717, 1.165) is 0 Å². The lowest BCUT2D eigenvalue weighted by molar-refractivity contribution is 0.717. The van der Waals surface area contributed by atoms with Gasteiger partial charge in [-0.1, -0.05) is 141 Å². The summed E-state index contributed by atoms with van der Waals surface area (Å²) in [6.45, 7) is 8.71. The number of hydrogen-bond donors (Lipinski definition) is 0. The van der Waals surface area contributed by atoms with Crippen molar-refractivity contribution in [2.45, 2.75) is 66.2 Å². The maximum absolute atomic E-state index is 2.27. The highest BCUT2D eigenvalue weighted by Crippen LogP contribution is 2.22. The second-order valence-corrected chi connectivity index (χ2v) is 9.33. The minimum absolute atomic E-state index is 1.17. The van der Waals surface area contributed by atoms with E-state index in [2.05, 4.69) is 125 Å². The van der Waals surface area contributed by atoms with E-state index in [4.69, 9.17) is 0 Å². The number of rotatable bonds is 8. The molecule has 0 unspecified atom stereocenters. The lowest BCUT2D eigenvalue weighted by atomic mass is 10.0. The van der Waals surface area contributed by atoms with Crippen molar-refractivity contribution in [1.82, 2.24) is 0 Å². The molecule has 0 amide bonds. The molecule has 4 aromatic carbocycles. The topological polar surface area (TPSA) is 0 Å². The molecule has 0 heterocycles. The molecule has 0 bridgehead atoms. The molecule has 0 spiro atoms. The highest BCUT2D eigenvalue weighted by Gasteiger charge is 1.99. The molecule has 0 aliphatic heterocycles. The Morgan fingerprint density at radius 1 is 0.382 bits per heavy atom. The third-order valence-electron chi connectivity index (χ3n) is 6.29. The van der Waals surface area contributed by atoms with Crippen LogP contribution in [0.3, 0.4) is 0 Å². The summed E-state index contributed by atoms with van der Waals surface area (Å²) in [5.74, 6) is 0. The van der Waals surface area contributed by atoms with Crippen LogP contribution in [-0.2, 0) is 12.8 Å². The van der Waals surface area contributed by atoms with Gasteiger partial charge in [0.25, 0.3) is 0 Å². The van der Waals surface area contributed by atoms with Crippen molar-refractivity contribution in [3.8, 4) is 22.3 Å². The van der Waals surface area contributed by atoms with Crippen LogP contribution in [0.5, 0.6) is 0 Å². The van der Waals surface area contributed by atoms with Crippen LogP contribution in [0.25, 0.3) is 22.3 Å². The molecule has 0 aromatic heterocycles. The zero-order chi connectivity index (χ0) is 24.2. The van der Waals surface area contributed by atoms with E-state index in [1.165, 1.54) is 83.0 Å². The fraction of sp³-hybridized carbons (Fsp3) is 0.294. The van der Waals surface area contributed by atoms with Gasteiger partial charge in [-0.3, -0.25) is 0 Å². The van der Waals surface area contributed by atoms with Crippen LogP contribution in [0, 0.1) is 13.8 Å². The SMILES string of the molecule is CCCCCc1ccc(-c2ccc(C)cc2)cc1.CCCc1ccc(-c2ccc(C)cc2)cc1. The Morgan fingerprint density at radius 3 is 1.09 bits per heavy atom. The molecule has 0 saturated carbocycles. The predicted molar refractivity (Wildman–Crippen MR) is 150 cm³/mol. The normalized spacial score (nSPS) is 10.5. The van der Waals surface area contributed by atoms with Crippen LogP contribution in [0.4, 0.5) is 0 Å². The molecule has 0 saturated heterocycles. The van der Waals surface area contributed by atoms with E-state index in [9.17, 15) is 0 Å². The van der Waals surface area contributed by atoms with Crippen molar-refractivity contribution in [2.24, 2.45) is 0 Å². The van der Waals surface area contributed by atoms with Crippen molar-refractivity contribution in [2.75, 3.05) is 0 Å². The molecule has 0 aliphatic carbocycles. The quantitative estimate of drug-likeness (QED) is 0.235. The number of benzene rings is 4. The maximum Gasteiger partial charge on any atom is -0.0184 e. The fourth-order valence-electron chi connectivity index (χ4n) is 4.09. The summed E-state index contributed by atoms with van der Waals surface area (Å²) >= 11 is 0. The molecule has 4 rings (SSSR count). The van der Waals surface area contributed by atoms with Crippen LogP contribution in [-0.4, -0.2) is 0 Å². The summed E-state index contributed by atoms with van der Waals surface area (Å²) in [5.41, 5.74) is 10.7. The minimum Gasteiger partial charge on any atom is -0.0654 e. The van der Waals surface area contributed by atoms with Gasteiger partial charge in [-0.25, -0.2) is 0 Å². The second kappa shape index (κ2) is 13.6. The molecular formula is C34H40. The first-order chi connectivity index (χ1) is 16.6. The molecule has 0 heteroatoms. The van der Waals surface area contributed by atoms with Gasteiger partial charge >= 0.3 is 0 Å². The Balaban J connectivity index is 0.000000192. The highest BCUT2D eigenvalue weighted by atomic mass is 14.0. The van der Waals surface area contributed by atoms with Crippen molar-refractivity contribution in [3.63, 3.8) is 0 Å². The summed E-state index contributed by atoms with van der Waals surface area (Å²) in [6.07, 6.45) is 7.53. The van der Waals surface area contributed by atoms with Crippen molar-refractivity contribution in [3.05, 3.63) is 119 Å². The zero-order valence-corrected chi connectivity index (χ0v) is 21.5. The fourth-order valence-corrected chi connectivity index (χ4v) is 4.09. The van der Waals surface area contributed by atoms with Crippen molar-refractivity contribution in [1.29, 1.82) is 0 Å². The average molecular weight is 449 g/mol. The third-order valence-corrected chi connectivity index (χ3v) is 6.29. The van der Waals surface area contributed by atoms with E-state index in [-0.39, 0.29) is 0 Å². The first-order valence-corrected chi connectivity index (χ1v) is 12.9. The first-order valence-electron chi connectivity index (χ1n) is 12.9. The third kappa shape index (κ3) is 8.03. The average Bonchev–Trinajstić information content (AvgIpc) is 2.87. The van der Waals surface area contributed by atoms with Gasteiger partial charge in [-0.05, 0) is 66.5 Å². The molecule has 0 radical (unpaired) electrons. The lowest BCUT2D eigenvalue weighted by Crippen LogP contribution is -1.86. The zero-order valence-electron chi connectivity index (χ0n) is 21.5. The second-order valence-electron chi connectivity index (χ2n) is 9.33. The largest absolute Gasteiger partial charge is 0.0654 e. The number of hydrogen-bond acceptors (Lipinski definition) is 0. The van der Waals surface area contributed by atoms with Crippen LogP contribution < -0.4 is 0 Å². The highest BCUT2D eigenvalue weighted by molar-refractivity contribution is 5.64. The van der Waals surface area contributed by atoms with Crippen LogP contribution in [0.2, 0.25) is 0 Å². The van der Waals surface area contributed by atoms with Gasteiger partial charge in [0.05, 0.1) is 0 Å². The first kappa shape index (κ1) is 25.5. The summed E-state index contributed by atoms with van der Waals surface area (Å²) in [7, 11) is 0. The molecule has 0 nitrogen and oxygen atoms in total. The van der Waals surface area contributed by atoms with Crippen molar-refractivity contribution >= 4 is 0 Å². The van der Waals surface area contributed by atoms with E-state index >= 15 is 0 Å². The summed E-state index contributed by atoms with van der Waals surface area (Å²) in [6, 6.07) is 35.4. The van der Waals surface area contributed by atoms with Gasteiger partial charge < -0.3 is 0 Å². The molecule has 176 valence electrons. The van der Waals surface area contributed by atoms with Crippen molar-refractivity contribution < 1.29 is 0 Å². The number of unbranched alkanes of at least 4 members (excludes halogenated alkanes) is 2. The van der Waals surface area contributed by atoms with Gasteiger partial charge in [0, 0.05) is 0 Å². The van der Waals surface area contributed by atoms with E-state index in [0.29, 0.717) is 0 Å². The Morgan fingerprint density at radius 2 is 0.735 bits per heavy atom. The number of aryl methyl sites for hydroxylation is 4. The monoisotopic (exact) mass is 448 g/mol. The Kier molecular flexibility index (Phi) is 10.2. The molecule has 34 heavy (non-hydrogen) atoms. The van der Waals surface area contributed by atoms with E-state index in [1.54, 1.807) is 0 Å². The Bertz CT molecular complexity index is 1080. The van der Waals surface area contributed by atoms with Crippen LogP contribution in [0.15, 0.2) is 97.1 Å². The summed E-state index contributed by atoms with van der Waals surface area (Å²) < 4.78 is 0. The standard InChI is InChI=1S/C18H22.C16H18/c1-3-4-5-6-16-9-13-18(14-10-16)17-11-7-15(2)8-12-17;1-3-4-14-7-11-16(12-8-14)15-9-5-13(2)6-10-15/h7-14H,3-6H2,1-2H3;5-12H,3-4H2,1-2H3. The Labute approximate surface area is 207 Å². The van der Waals surface area contributed by atoms with Crippen LogP contribution >= 0.6 is 0 Å². The van der Waals surface area contributed by atoms with Gasteiger partial charge in [-0.2, -0.15) is 0 Å². The van der Waals surface area contributed by atoms with Crippen LogP contribution in [0.1, 0.15) is 61.8 Å². The molecule has 0 fully saturated rings. The Hall–Kier alpha value is -3.12. The minimum atomic E-state index is 1.17. The lowest BCUT2D eigenvalue weighted by Gasteiger charge is -2.05. The van der Waals surface area contributed by atoms with Gasteiger partial charge in [0.1, 0.15) is 0 Å². The van der Waals surface area contributed by atoms with Gasteiger partial charge in [0.2, 0.25) is 0 Å². The summed E-state index contributed by atoms with van der Waals surface area (Å²) in [4.78, 5) is 0. The molecular weight excluding hydrogens is 408 g/mol. The summed E-state index contributed by atoms with van der Waals surface area (Å²) in [5, 5.41) is 0. The molecule has 0 aliphatic rings. The molecule has 0 N–H and O–H groups in total.